The summed E-state index contributed by atoms with van der Waals surface area (Å²) in [5, 5.41) is 2.95. The van der Waals surface area contributed by atoms with Crippen LogP contribution in [0.25, 0.3) is 11.3 Å². The molecular weight excluding hydrogens is 379 g/mol. The van der Waals surface area contributed by atoms with Crippen molar-refractivity contribution in [3.05, 3.63) is 76.0 Å². The van der Waals surface area contributed by atoms with E-state index in [0.29, 0.717) is 16.3 Å². The van der Waals surface area contributed by atoms with Crippen LogP contribution in [0.5, 0.6) is 0 Å². The van der Waals surface area contributed by atoms with Gasteiger partial charge in [0.25, 0.3) is 5.91 Å². The minimum absolute atomic E-state index is 0.0652. The second-order valence-electron chi connectivity index (χ2n) is 6.19. The van der Waals surface area contributed by atoms with Crippen molar-refractivity contribution in [1.82, 2.24) is 0 Å². The minimum Gasteiger partial charge on any atom is -0.451 e. The Morgan fingerprint density at radius 1 is 1.00 bits per heavy atom. The molecule has 0 aliphatic carbocycles. The Bertz CT molecular complexity index is 971. The highest BCUT2D eigenvalue weighted by Gasteiger charge is 2.40. The molecule has 0 atom stereocenters. The number of alkyl halides is 3. The van der Waals surface area contributed by atoms with Gasteiger partial charge in [0.15, 0.2) is 0 Å². The summed E-state index contributed by atoms with van der Waals surface area (Å²) in [5.74, 6) is -2.30. The minimum atomic E-state index is -4.81. The van der Waals surface area contributed by atoms with Crippen molar-refractivity contribution in [2.24, 2.45) is 0 Å². The van der Waals surface area contributed by atoms with Gasteiger partial charge in [-0.05, 0) is 67.4 Å². The van der Waals surface area contributed by atoms with Crippen molar-refractivity contribution in [2.45, 2.75) is 20.0 Å². The van der Waals surface area contributed by atoms with Gasteiger partial charge in [-0.15, -0.1) is 0 Å². The molecule has 3 rings (SSSR count). The van der Waals surface area contributed by atoms with Crippen molar-refractivity contribution in [3.8, 4) is 11.3 Å². The predicted octanol–water partition coefficient (Wildman–Crippen LogP) is 6.49. The van der Waals surface area contributed by atoms with E-state index >= 15 is 0 Å². The lowest BCUT2D eigenvalue weighted by Crippen LogP contribution is -2.17. The largest absolute Gasteiger partial charge is 0.451 e. The zero-order valence-electron chi connectivity index (χ0n) is 14.4. The number of benzene rings is 2. The molecule has 0 spiro atoms. The summed E-state index contributed by atoms with van der Waals surface area (Å²) >= 11 is 5.80. The first kappa shape index (κ1) is 19.0. The molecule has 0 saturated carbocycles. The predicted molar refractivity (Wildman–Crippen MR) is 98.0 cm³/mol. The molecule has 0 aliphatic rings. The van der Waals surface area contributed by atoms with Crippen LogP contribution in [0.3, 0.4) is 0 Å². The van der Waals surface area contributed by atoms with E-state index in [2.05, 4.69) is 5.32 Å². The third-order valence-electron chi connectivity index (χ3n) is 3.84. The fourth-order valence-electron chi connectivity index (χ4n) is 2.77. The molecule has 1 amide bonds. The van der Waals surface area contributed by atoms with Gasteiger partial charge in [-0.25, -0.2) is 0 Å². The van der Waals surface area contributed by atoms with E-state index in [9.17, 15) is 18.0 Å². The summed E-state index contributed by atoms with van der Waals surface area (Å²) in [6.45, 7) is 3.67. The lowest BCUT2D eigenvalue weighted by atomic mass is 10.1. The molecule has 1 N–H and O–H groups in total. The SMILES string of the molecule is Cc1cc(C)cc(NC(=O)c2cc(-c3ccc(Cl)cc3)oc2C(F)(F)F)c1. The number of amides is 1. The number of aryl methyl sites for hydroxylation is 2. The maximum absolute atomic E-state index is 13.4. The van der Waals surface area contributed by atoms with E-state index in [1.807, 2.05) is 19.9 Å². The van der Waals surface area contributed by atoms with Crippen molar-refractivity contribution < 1.29 is 22.4 Å². The smallest absolute Gasteiger partial charge is 0.450 e. The fourth-order valence-corrected chi connectivity index (χ4v) is 2.90. The molecule has 3 nitrogen and oxygen atoms in total. The Morgan fingerprint density at radius 3 is 2.15 bits per heavy atom. The molecule has 0 unspecified atom stereocenters. The molecule has 1 aromatic heterocycles. The molecule has 27 heavy (non-hydrogen) atoms. The van der Waals surface area contributed by atoms with E-state index in [1.54, 1.807) is 12.1 Å². The standard InChI is InChI=1S/C20H15ClF3NO2/c1-11-7-12(2)9-15(8-11)25-19(26)16-10-17(27-18(16)20(22,23)24)13-3-5-14(21)6-4-13/h3-10H,1-2H3,(H,25,26). The lowest BCUT2D eigenvalue weighted by Gasteiger charge is -2.09. The molecule has 0 bridgehead atoms. The zero-order valence-corrected chi connectivity index (χ0v) is 15.2. The number of carbonyl (C=O) groups excluding carboxylic acids is 1. The van der Waals surface area contributed by atoms with Crippen LogP contribution in [0.4, 0.5) is 18.9 Å². The normalized spacial score (nSPS) is 11.5. The molecule has 0 fully saturated rings. The third kappa shape index (κ3) is 4.34. The summed E-state index contributed by atoms with van der Waals surface area (Å²) in [6, 6.07) is 12.4. The molecule has 0 radical (unpaired) electrons. The Balaban J connectivity index is 2.00. The Kier molecular flexibility index (Phi) is 5.02. The van der Waals surface area contributed by atoms with Gasteiger partial charge in [-0.1, -0.05) is 17.7 Å². The maximum atomic E-state index is 13.4. The van der Waals surface area contributed by atoms with E-state index in [0.717, 1.165) is 17.2 Å². The van der Waals surface area contributed by atoms with Gasteiger partial charge in [0.2, 0.25) is 5.76 Å². The molecule has 2 aromatic carbocycles. The van der Waals surface area contributed by atoms with Crippen molar-refractivity contribution >= 4 is 23.2 Å². The molecule has 140 valence electrons. The van der Waals surface area contributed by atoms with Crippen LogP contribution in [-0.4, -0.2) is 5.91 Å². The number of furan rings is 1. The van der Waals surface area contributed by atoms with E-state index in [-0.39, 0.29) is 5.76 Å². The number of anilines is 1. The Morgan fingerprint density at radius 2 is 1.59 bits per heavy atom. The van der Waals surface area contributed by atoms with Crippen LogP contribution in [0, 0.1) is 13.8 Å². The number of halogens is 4. The Hall–Kier alpha value is -2.73. The van der Waals surface area contributed by atoms with Crippen LogP contribution >= 0.6 is 11.6 Å². The van der Waals surface area contributed by atoms with E-state index < -0.39 is 23.4 Å². The number of hydrogen-bond acceptors (Lipinski definition) is 2. The summed E-state index contributed by atoms with van der Waals surface area (Å²) in [6.07, 6.45) is -4.81. The van der Waals surface area contributed by atoms with Crippen LogP contribution < -0.4 is 5.32 Å². The van der Waals surface area contributed by atoms with E-state index in [4.69, 9.17) is 16.0 Å². The molecular formula is C20H15ClF3NO2. The molecule has 0 saturated heterocycles. The third-order valence-corrected chi connectivity index (χ3v) is 4.09. The average Bonchev–Trinajstić information content (AvgIpc) is 3.00. The van der Waals surface area contributed by atoms with E-state index in [1.165, 1.54) is 24.3 Å². The highest BCUT2D eigenvalue weighted by molar-refractivity contribution is 6.30. The monoisotopic (exact) mass is 393 g/mol. The first-order valence-corrected chi connectivity index (χ1v) is 8.38. The van der Waals surface area contributed by atoms with Crippen LogP contribution in [0.1, 0.15) is 27.2 Å². The highest BCUT2D eigenvalue weighted by atomic mass is 35.5. The number of rotatable bonds is 3. The van der Waals surface area contributed by atoms with Crippen molar-refractivity contribution in [3.63, 3.8) is 0 Å². The van der Waals surface area contributed by atoms with Gasteiger partial charge in [0.05, 0.1) is 5.56 Å². The van der Waals surface area contributed by atoms with Crippen LogP contribution in [-0.2, 0) is 6.18 Å². The highest BCUT2D eigenvalue weighted by Crippen LogP contribution is 2.37. The maximum Gasteiger partial charge on any atom is 0.450 e. The first-order chi connectivity index (χ1) is 12.6. The summed E-state index contributed by atoms with van der Waals surface area (Å²) in [7, 11) is 0. The van der Waals surface area contributed by atoms with Gasteiger partial charge in [-0.2, -0.15) is 13.2 Å². The summed E-state index contributed by atoms with van der Waals surface area (Å²) in [5.41, 5.74) is 1.99. The van der Waals surface area contributed by atoms with Gasteiger partial charge < -0.3 is 9.73 Å². The van der Waals surface area contributed by atoms with Gasteiger partial charge in [0, 0.05) is 16.3 Å². The zero-order chi connectivity index (χ0) is 19.8. The lowest BCUT2D eigenvalue weighted by molar-refractivity contribution is -0.153. The fraction of sp³-hybridized carbons (Fsp3) is 0.150. The van der Waals surface area contributed by atoms with Gasteiger partial charge >= 0.3 is 6.18 Å². The number of carbonyl (C=O) groups is 1. The van der Waals surface area contributed by atoms with Gasteiger partial charge in [0.1, 0.15) is 5.76 Å². The molecule has 7 heteroatoms. The second kappa shape index (κ2) is 7.12. The van der Waals surface area contributed by atoms with Crippen LogP contribution in [0.2, 0.25) is 5.02 Å². The average molecular weight is 394 g/mol. The van der Waals surface area contributed by atoms with Crippen LogP contribution in [0.15, 0.2) is 52.9 Å². The molecule has 1 heterocycles. The van der Waals surface area contributed by atoms with Crippen molar-refractivity contribution in [2.75, 3.05) is 5.32 Å². The molecule has 0 aliphatic heterocycles. The first-order valence-electron chi connectivity index (χ1n) is 8.00. The second-order valence-corrected chi connectivity index (χ2v) is 6.63. The Labute approximate surface area is 158 Å². The summed E-state index contributed by atoms with van der Waals surface area (Å²) < 4.78 is 45.1. The number of hydrogen-bond donors (Lipinski definition) is 1. The van der Waals surface area contributed by atoms with Gasteiger partial charge in [-0.3, -0.25) is 4.79 Å². The molecule has 3 aromatic rings. The quantitative estimate of drug-likeness (QED) is 0.552. The summed E-state index contributed by atoms with van der Waals surface area (Å²) in [4.78, 5) is 12.5. The number of nitrogens with one attached hydrogen (secondary N) is 1. The topological polar surface area (TPSA) is 42.2 Å². The van der Waals surface area contributed by atoms with Crippen molar-refractivity contribution in [1.29, 1.82) is 0 Å².